The highest BCUT2D eigenvalue weighted by molar-refractivity contribution is 6.25. The van der Waals surface area contributed by atoms with E-state index in [-0.39, 0.29) is 22.9 Å². The van der Waals surface area contributed by atoms with Crippen molar-refractivity contribution in [2.75, 3.05) is 24.0 Å². The number of benzene rings is 2. The molecule has 10 heteroatoms. The Bertz CT molecular complexity index is 1290. The van der Waals surface area contributed by atoms with E-state index in [0.29, 0.717) is 5.75 Å². The summed E-state index contributed by atoms with van der Waals surface area (Å²) in [5.74, 6) is -2.30. The molecule has 4 atom stereocenters. The molecule has 0 unspecified atom stereocenters. The minimum absolute atomic E-state index is 0.000113. The first kappa shape index (κ1) is 21.6. The van der Waals surface area contributed by atoms with Gasteiger partial charge in [0.05, 0.1) is 37.0 Å². The Morgan fingerprint density at radius 1 is 1.00 bits per heavy atom. The number of nitrogens with zero attached hydrogens (tertiary/aromatic N) is 3. The van der Waals surface area contributed by atoms with E-state index in [9.17, 15) is 24.5 Å². The predicted octanol–water partition coefficient (Wildman–Crippen LogP) is 2.59. The second-order valence-corrected chi connectivity index (χ2v) is 8.41. The van der Waals surface area contributed by atoms with Gasteiger partial charge in [0, 0.05) is 23.4 Å². The summed E-state index contributed by atoms with van der Waals surface area (Å²) in [6.07, 6.45) is 3.68. The van der Waals surface area contributed by atoms with Crippen LogP contribution in [0.2, 0.25) is 0 Å². The van der Waals surface area contributed by atoms with Gasteiger partial charge < -0.3 is 14.4 Å². The number of fused-ring (bicyclic) bond motifs is 5. The summed E-state index contributed by atoms with van der Waals surface area (Å²) in [5.41, 5.74) is 1.28. The molecule has 0 aromatic heterocycles. The molecule has 0 radical (unpaired) electrons. The van der Waals surface area contributed by atoms with Gasteiger partial charge in [-0.15, -0.1) is 0 Å². The topological polar surface area (TPSA) is 119 Å². The third kappa shape index (κ3) is 2.91. The molecule has 0 N–H and O–H groups in total. The van der Waals surface area contributed by atoms with Crippen molar-refractivity contribution >= 4 is 40.7 Å². The quantitative estimate of drug-likeness (QED) is 0.377. The van der Waals surface area contributed by atoms with Gasteiger partial charge in [-0.05, 0) is 31.2 Å². The molecule has 0 aliphatic carbocycles. The average Bonchev–Trinajstić information content (AvgIpc) is 3.31. The number of ketones is 1. The molecule has 10 nitrogen and oxygen atoms in total. The molecule has 0 spiro atoms. The molecular weight excluding hydrogens is 442 g/mol. The lowest BCUT2D eigenvalue weighted by molar-refractivity contribution is -0.384. The molecule has 2 aromatic rings. The highest BCUT2D eigenvalue weighted by Gasteiger charge is 2.64. The number of carbonyl (C=O) groups excluding carboxylic acids is 3. The Balaban J connectivity index is 1.62. The van der Waals surface area contributed by atoms with Crippen LogP contribution >= 0.6 is 0 Å². The molecule has 34 heavy (non-hydrogen) atoms. The maximum absolute atomic E-state index is 13.7. The second kappa shape index (κ2) is 7.68. The van der Waals surface area contributed by atoms with E-state index in [4.69, 9.17) is 9.47 Å². The third-order valence-electron chi connectivity index (χ3n) is 6.74. The van der Waals surface area contributed by atoms with Gasteiger partial charge in [0.15, 0.2) is 5.78 Å². The number of rotatable bonds is 5. The van der Waals surface area contributed by atoms with E-state index in [1.165, 1.54) is 26.2 Å². The van der Waals surface area contributed by atoms with Crippen molar-refractivity contribution in [2.24, 2.45) is 11.8 Å². The Kier molecular flexibility index (Phi) is 4.89. The molecule has 5 rings (SSSR count). The number of Topliss-reactive ketones (excluding diaryl/α,β-unsaturated/α-hetero) is 1. The molecule has 3 aliphatic heterocycles. The van der Waals surface area contributed by atoms with Crippen molar-refractivity contribution in [1.29, 1.82) is 0 Å². The number of nitro groups is 1. The molecule has 174 valence electrons. The lowest BCUT2D eigenvalue weighted by Gasteiger charge is -2.36. The number of carbonyl (C=O) groups is 3. The molecule has 3 heterocycles. The normalized spacial score (nSPS) is 24.6. The van der Waals surface area contributed by atoms with Crippen molar-refractivity contribution in [2.45, 2.75) is 19.0 Å². The number of amides is 2. The van der Waals surface area contributed by atoms with Crippen molar-refractivity contribution in [3.63, 3.8) is 0 Å². The van der Waals surface area contributed by atoms with Gasteiger partial charge >= 0.3 is 0 Å². The fourth-order valence-electron chi connectivity index (χ4n) is 5.34. The average molecular weight is 463 g/mol. The van der Waals surface area contributed by atoms with Gasteiger partial charge in [-0.25, -0.2) is 4.90 Å². The zero-order chi connectivity index (χ0) is 24.3. The number of methoxy groups -OCH3 is 2. The Labute approximate surface area is 194 Å². The summed E-state index contributed by atoms with van der Waals surface area (Å²) in [4.78, 5) is 53.7. The maximum atomic E-state index is 13.7. The van der Waals surface area contributed by atoms with E-state index in [0.717, 1.165) is 22.2 Å². The van der Waals surface area contributed by atoms with Gasteiger partial charge in [0.1, 0.15) is 23.2 Å². The van der Waals surface area contributed by atoms with Crippen molar-refractivity contribution in [3.8, 4) is 11.5 Å². The van der Waals surface area contributed by atoms with Crippen LogP contribution in [0, 0.1) is 22.0 Å². The highest BCUT2D eigenvalue weighted by Crippen LogP contribution is 2.50. The molecule has 2 aromatic carbocycles. The van der Waals surface area contributed by atoms with Crippen LogP contribution in [0.3, 0.4) is 0 Å². The number of non-ortho nitro benzene ring substituents is 1. The summed E-state index contributed by atoms with van der Waals surface area (Å²) in [7, 11) is 2.91. The molecule has 2 amide bonds. The van der Waals surface area contributed by atoms with Gasteiger partial charge in [-0.2, -0.15) is 0 Å². The van der Waals surface area contributed by atoms with E-state index in [2.05, 4.69) is 0 Å². The Morgan fingerprint density at radius 2 is 1.74 bits per heavy atom. The molecule has 0 bridgehead atoms. The molecule has 3 aliphatic rings. The lowest BCUT2D eigenvalue weighted by Crippen LogP contribution is -2.48. The molecule has 0 saturated carbocycles. The van der Waals surface area contributed by atoms with Crippen molar-refractivity contribution in [1.82, 2.24) is 0 Å². The van der Waals surface area contributed by atoms with Crippen LogP contribution in [0.5, 0.6) is 11.5 Å². The Hall–Kier alpha value is -4.21. The summed E-state index contributed by atoms with van der Waals surface area (Å²) >= 11 is 0. The van der Waals surface area contributed by atoms with Crippen LogP contribution < -0.4 is 19.3 Å². The summed E-state index contributed by atoms with van der Waals surface area (Å²) in [6.45, 7) is 1.40. The number of anilines is 2. The summed E-state index contributed by atoms with van der Waals surface area (Å²) < 4.78 is 10.6. The molecule has 2 saturated heterocycles. The van der Waals surface area contributed by atoms with Crippen LogP contribution in [-0.4, -0.2) is 48.8 Å². The van der Waals surface area contributed by atoms with Gasteiger partial charge in [-0.3, -0.25) is 24.5 Å². The number of hydrogen-bond acceptors (Lipinski definition) is 8. The van der Waals surface area contributed by atoms with Crippen LogP contribution in [0.25, 0.3) is 6.08 Å². The van der Waals surface area contributed by atoms with Crippen LogP contribution in [0.4, 0.5) is 17.1 Å². The number of ether oxygens (including phenoxy) is 2. The maximum Gasteiger partial charge on any atom is 0.271 e. The van der Waals surface area contributed by atoms with E-state index in [1.54, 1.807) is 13.2 Å². The minimum atomic E-state index is -0.934. The first-order valence-corrected chi connectivity index (χ1v) is 10.6. The standard InChI is InChI=1S/C24H21N3O7/c1-12(28)22-21-20(17-7-4-13-10-15(33-2)6-8-16(13)25(17)22)23(29)26(24(21)30)18-11-14(27(31)32)5-9-19(18)34-3/h4-11,17,20-22H,1-3H3/t17-,20-,21-,22-/m1/s1. The Morgan fingerprint density at radius 3 is 2.38 bits per heavy atom. The smallest absolute Gasteiger partial charge is 0.271 e. The number of hydrogen-bond donors (Lipinski definition) is 0. The van der Waals surface area contributed by atoms with Crippen molar-refractivity contribution < 1.29 is 28.8 Å². The van der Waals surface area contributed by atoms with Crippen LogP contribution in [-0.2, 0) is 14.4 Å². The second-order valence-electron chi connectivity index (χ2n) is 8.41. The van der Waals surface area contributed by atoms with Gasteiger partial charge in [-0.1, -0.05) is 12.2 Å². The first-order valence-electron chi connectivity index (χ1n) is 10.6. The van der Waals surface area contributed by atoms with E-state index >= 15 is 0 Å². The van der Waals surface area contributed by atoms with Gasteiger partial charge in [0.2, 0.25) is 11.8 Å². The van der Waals surface area contributed by atoms with E-state index < -0.39 is 40.7 Å². The van der Waals surface area contributed by atoms with Gasteiger partial charge in [0.25, 0.3) is 5.69 Å². The monoisotopic (exact) mass is 463 g/mol. The number of nitro benzene ring substituents is 1. The fourth-order valence-corrected chi connectivity index (χ4v) is 5.34. The highest BCUT2D eigenvalue weighted by atomic mass is 16.6. The fraction of sp³-hybridized carbons (Fsp3) is 0.292. The van der Waals surface area contributed by atoms with Crippen molar-refractivity contribution in [3.05, 3.63) is 58.2 Å². The zero-order valence-corrected chi connectivity index (χ0v) is 18.6. The largest absolute Gasteiger partial charge is 0.497 e. The SMILES string of the molecule is COc1ccc2c(c1)C=C[C@@H]1[C@H]3C(=O)N(c4cc([N+](=O)[O-])ccc4OC)C(=O)[C@H]3[C@@H](C(C)=O)N21. The first-order chi connectivity index (χ1) is 16.3. The predicted molar refractivity (Wildman–Crippen MR) is 122 cm³/mol. The van der Waals surface area contributed by atoms with Crippen LogP contribution in [0.15, 0.2) is 42.5 Å². The number of imide groups is 1. The van der Waals surface area contributed by atoms with Crippen LogP contribution in [0.1, 0.15) is 12.5 Å². The molecule has 2 fully saturated rings. The third-order valence-corrected chi connectivity index (χ3v) is 6.74. The summed E-state index contributed by atoms with van der Waals surface area (Å²) in [6, 6.07) is 7.77. The zero-order valence-electron chi connectivity index (χ0n) is 18.6. The minimum Gasteiger partial charge on any atom is -0.497 e. The summed E-state index contributed by atoms with van der Waals surface area (Å²) in [5, 5.41) is 11.3. The molecular formula is C24H21N3O7. The lowest BCUT2D eigenvalue weighted by atomic mass is 9.88. The van der Waals surface area contributed by atoms with E-state index in [1.807, 2.05) is 29.2 Å².